The van der Waals surface area contributed by atoms with Crippen molar-refractivity contribution in [2.24, 2.45) is 7.05 Å². The second-order valence-electron chi connectivity index (χ2n) is 4.44. The summed E-state index contributed by atoms with van der Waals surface area (Å²) < 4.78 is 12.4. The standard InChI is InChI=1S/C14H18ClN3O2/c1-9-5-10(18(2)17-9)8-16-12-6-11(15)13(19-3)7-14(12)20-4/h5-7,16H,8H2,1-4H3. The molecule has 0 atom stereocenters. The normalized spacial score (nSPS) is 10.4. The van der Waals surface area contributed by atoms with E-state index in [9.17, 15) is 0 Å². The van der Waals surface area contributed by atoms with Gasteiger partial charge in [-0.15, -0.1) is 0 Å². The number of nitrogens with zero attached hydrogens (tertiary/aromatic N) is 2. The Kier molecular flexibility index (Phi) is 4.39. The molecule has 2 aromatic rings. The number of aryl methyl sites for hydroxylation is 2. The minimum absolute atomic E-state index is 0.539. The van der Waals surface area contributed by atoms with Crippen molar-refractivity contribution in [1.82, 2.24) is 9.78 Å². The fourth-order valence-electron chi connectivity index (χ4n) is 2.01. The average Bonchev–Trinajstić information content (AvgIpc) is 2.74. The molecule has 1 aromatic heterocycles. The van der Waals surface area contributed by atoms with E-state index in [4.69, 9.17) is 21.1 Å². The number of nitrogens with one attached hydrogen (secondary N) is 1. The fraction of sp³-hybridized carbons (Fsp3) is 0.357. The Bertz CT molecular complexity index is 611. The van der Waals surface area contributed by atoms with Crippen molar-refractivity contribution in [3.8, 4) is 11.5 Å². The van der Waals surface area contributed by atoms with E-state index in [0.717, 1.165) is 17.1 Å². The zero-order valence-corrected chi connectivity index (χ0v) is 12.8. The summed E-state index contributed by atoms with van der Waals surface area (Å²) in [5, 5.41) is 8.15. The third-order valence-corrected chi connectivity index (χ3v) is 3.33. The van der Waals surface area contributed by atoms with E-state index < -0.39 is 0 Å². The van der Waals surface area contributed by atoms with Crippen LogP contribution in [0.2, 0.25) is 5.02 Å². The van der Waals surface area contributed by atoms with E-state index in [1.807, 2.05) is 24.7 Å². The number of hydrogen-bond acceptors (Lipinski definition) is 4. The summed E-state index contributed by atoms with van der Waals surface area (Å²) in [6, 6.07) is 5.59. The van der Waals surface area contributed by atoms with Crippen LogP contribution >= 0.6 is 11.6 Å². The van der Waals surface area contributed by atoms with Gasteiger partial charge in [0.25, 0.3) is 0 Å². The quantitative estimate of drug-likeness (QED) is 0.921. The lowest BCUT2D eigenvalue weighted by atomic mass is 10.2. The summed E-state index contributed by atoms with van der Waals surface area (Å²) in [6.45, 7) is 2.60. The lowest BCUT2D eigenvalue weighted by Crippen LogP contribution is -2.06. The van der Waals surface area contributed by atoms with Crippen molar-refractivity contribution < 1.29 is 9.47 Å². The van der Waals surface area contributed by atoms with Crippen LogP contribution < -0.4 is 14.8 Å². The Hall–Kier alpha value is -1.88. The van der Waals surface area contributed by atoms with Crippen LogP contribution in [0.25, 0.3) is 0 Å². The maximum absolute atomic E-state index is 6.14. The minimum atomic E-state index is 0.539. The Morgan fingerprint density at radius 2 is 1.90 bits per heavy atom. The van der Waals surface area contributed by atoms with E-state index in [2.05, 4.69) is 10.4 Å². The molecule has 5 nitrogen and oxygen atoms in total. The van der Waals surface area contributed by atoms with Gasteiger partial charge < -0.3 is 14.8 Å². The van der Waals surface area contributed by atoms with E-state index in [-0.39, 0.29) is 0 Å². The van der Waals surface area contributed by atoms with Gasteiger partial charge in [0.2, 0.25) is 0 Å². The van der Waals surface area contributed by atoms with Crippen molar-refractivity contribution in [1.29, 1.82) is 0 Å². The van der Waals surface area contributed by atoms with Crippen LogP contribution in [0.3, 0.4) is 0 Å². The summed E-state index contributed by atoms with van der Waals surface area (Å²) >= 11 is 6.14. The third-order valence-electron chi connectivity index (χ3n) is 3.03. The molecule has 0 bridgehead atoms. The number of aromatic nitrogens is 2. The predicted octanol–water partition coefficient (Wildman–Crippen LogP) is 3.01. The first-order chi connectivity index (χ1) is 9.55. The average molecular weight is 296 g/mol. The second-order valence-corrected chi connectivity index (χ2v) is 4.85. The summed E-state index contributed by atoms with van der Waals surface area (Å²) in [7, 11) is 5.11. The van der Waals surface area contributed by atoms with Crippen LogP contribution in [-0.4, -0.2) is 24.0 Å². The molecular weight excluding hydrogens is 278 g/mol. The van der Waals surface area contributed by atoms with Gasteiger partial charge in [-0.05, 0) is 19.1 Å². The second kappa shape index (κ2) is 6.05. The summed E-state index contributed by atoms with van der Waals surface area (Å²) in [5.41, 5.74) is 2.89. The fourth-order valence-corrected chi connectivity index (χ4v) is 2.25. The Morgan fingerprint density at radius 1 is 1.20 bits per heavy atom. The lowest BCUT2D eigenvalue weighted by molar-refractivity contribution is 0.395. The number of rotatable bonds is 5. The highest BCUT2D eigenvalue weighted by Crippen LogP contribution is 2.36. The van der Waals surface area contributed by atoms with Gasteiger partial charge in [-0.25, -0.2) is 0 Å². The molecule has 0 amide bonds. The van der Waals surface area contributed by atoms with Gasteiger partial charge in [-0.3, -0.25) is 4.68 Å². The number of methoxy groups -OCH3 is 2. The van der Waals surface area contributed by atoms with Gasteiger partial charge in [-0.1, -0.05) is 11.6 Å². The van der Waals surface area contributed by atoms with Crippen LogP contribution in [0.1, 0.15) is 11.4 Å². The molecule has 0 saturated carbocycles. The van der Waals surface area contributed by atoms with Crippen LogP contribution in [0, 0.1) is 6.92 Å². The van der Waals surface area contributed by atoms with E-state index in [1.165, 1.54) is 0 Å². The molecule has 1 N–H and O–H groups in total. The van der Waals surface area contributed by atoms with Crippen molar-refractivity contribution in [2.45, 2.75) is 13.5 Å². The number of anilines is 1. The van der Waals surface area contributed by atoms with Crippen LogP contribution in [0.5, 0.6) is 11.5 Å². The molecule has 108 valence electrons. The molecular formula is C14H18ClN3O2. The first kappa shape index (κ1) is 14.5. The highest BCUT2D eigenvalue weighted by molar-refractivity contribution is 6.32. The largest absolute Gasteiger partial charge is 0.495 e. The summed E-state index contributed by atoms with van der Waals surface area (Å²) in [4.78, 5) is 0. The molecule has 2 rings (SSSR count). The molecule has 1 heterocycles. The Morgan fingerprint density at radius 3 is 2.45 bits per heavy atom. The first-order valence-electron chi connectivity index (χ1n) is 6.20. The topological polar surface area (TPSA) is 48.3 Å². The highest BCUT2D eigenvalue weighted by atomic mass is 35.5. The maximum atomic E-state index is 6.14. The molecule has 0 unspecified atom stereocenters. The summed E-state index contributed by atoms with van der Waals surface area (Å²) in [6.07, 6.45) is 0. The van der Waals surface area contributed by atoms with E-state index >= 15 is 0 Å². The predicted molar refractivity (Wildman–Crippen MR) is 79.8 cm³/mol. The van der Waals surface area contributed by atoms with Gasteiger partial charge >= 0.3 is 0 Å². The molecule has 0 aliphatic carbocycles. The smallest absolute Gasteiger partial charge is 0.145 e. The molecule has 0 aliphatic rings. The zero-order chi connectivity index (χ0) is 14.7. The molecule has 20 heavy (non-hydrogen) atoms. The number of halogens is 1. The van der Waals surface area contributed by atoms with Gasteiger partial charge in [0, 0.05) is 13.1 Å². The van der Waals surface area contributed by atoms with E-state index in [1.54, 1.807) is 26.4 Å². The van der Waals surface area contributed by atoms with Crippen molar-refractivity contribution in [3.05, 3.63) is 34.6 Å². The van der Waals surface area contributed by atoms with Crippen molar-refractivity contribution in [2.75, 3.05) is 19.5 Å². The molecule has 0 saturated heterocycles. The minimum Gasteiger partial charge on any atom is -0.495 e. The third kappa shape index (κ3) is 2.99. The van der Waals surface area contributed by atoms with Crippen molar-refractivity contribution in [3.63, 3.8) is 0 Å². The van der Waals surface area contributed by atoms with Crippen molar-refractivity contribution >= 4 is 17.3 Å². The van der Waals surface area contributed by atoms with Gasteiger partial charge in [0.1, 0.15) is 11.5 Å². The van der Waals surface area contributed by atoms with Crippen LogP contribution in [0.4, 0.5) is 5.69 Å². The van der Waals surface area contributed by atoms with Crippen LogP contribution in [-0.2, 0) is 13.6 Å². The first-order valence-corrected chi connectivity index (χ1v) is 6.58. The molecule has 0 fully saturated rings. The number of ether oxygens (including phenoxy) is 2. The molecule has 0 aliphatic heterocycles. The molecule has 0 radical (unpaired) electrons. The molecule has 0 spiro atoms. The SMILES string of the molecule is COc1cc(OC)c(NCc2cc(C)nn2C)cc1Cl. The van der Waals surface area contributed by atoms with Gasteiger partial charge in [0.05, 0.1) is 42.9 Å². The highest BCUT2D eigenvalue weighted by Gasteiger charge is 2.10. The Balaban J connectivity index is 2.20. The van der Waals surface area contributed by atoms with Gasteiger partial charge in [0.15, 0.2) is 0 Å². The number of benzene rings is 1. The summed E-state index contributed by atoms with van der Waals surface area (Å²) in [5.74, 6) is 1.27. The molecule has 1 aromatic carbocycles. The monoisotopic (exact) mass is 295 g/mol. The van der Waals surface area contributed by atoms with Crippen LogP contribution in [0.15, 0.2) is 18.2 Å². The van der Waals surface area contributed by atoms with Gasteiger partial charge in [-0.2, -0.15) is 5.10 Å². The Labute approximate surface area is 123 Å². The lowest BCUT2D eigenvalue weighted by Gasteiger charge is -2.13. The van der Waals surface area contributed by atoms with E-state index in [0.29, 0.717) is 23.1 Å². The maximum Gasteiger partial charge on any atom is 0.145 e. The zero-order valence-electron chi connectivity index (χ0n) is 12.0. The number of hydrogen-bond donors (Lipinski definition) is 1. The molecule has 6 heteroatoms.